The lowest BCUT2D eigenvalue weighted by Crippen LogP contribution is -2.24. The van der Waals surface area contributed by atoms with Gasteiger partial charge in [0.1, 0.15) is 0 Å². The third kappa shape index (κ3) is 2.66. The molecule has 0 unspecified atom stereocenters. The molecule has 2 aromatic rings. The molecule has 106 valence electrons. The Labute approximate surface area is 113 Å². The van der Waals surface area contributed by atoms with Crippen LogP contribution < -0.4 is 20.7 Å². The van der Waals surface area contributed by atoms with E-state index < -0.39 is 11.2 Å². The van der Waals surface area contributed by atoms with Gasteiger partial charge in [0.2, 0.25) is 5.75 Å². The number of nitrogens with one attached hydrogen (secondary N) is 2. The van der Waals surface area contributed by atoms with Gasteiger partial charge in [-0.05, 0) is 17.7 Å². The van der Waals surface area contributed by atoms with Gasteiger partial charge in [0.05, 0.1) is 14.2 Å². The zero-order valence-electron chi connectivity index (χ0n) is 11.0. The lowest BCUT2D eigenvalue weighted by Gasteiger charge is -2.11. The number of rotatable bonds is 4. The number of H-pyrrole nitrogens is 2. The molecule has 0 saturated carbocycles. The maximum Gasteiger partial charge on any atom is 0.325 e. The van der Waals surface area contributed by atoms with E-state index in [0.717, 1.165) is 0 Å². The fourth-order valence-electron chi connectivity index (χ4n) is 1.84. The molecular weight excluding hydrogens is 264 g/mol. The van der Waals surface area contributed by atoms with E-state index in [-0.39, 0.29) is 23.7 Å². The summed E-state index contributed by atoms with van der Waals surface area (Å²) in [5.41, 5.74) is 0.0767. The largest absolute Gasteiger partial charge is 0.502 e. The standard InChI is InChI=1S/C13H14N2O5/c1-19-9-4-7(5-10(20-2)11(9)16)3-8-6-14-13(18)15-12(8)17/h4-6,16H,3H2,1-2H3,(H2,14,15,17,18). The summed E-state index contributed by atoms with van der Waals surface area (Å²) in [5, 5.41) is 9.80. The van der Waals surface area contributed by atoms with Gasteiger partial charge in [0.25, 0.3) is 5.56 Å². The summed E-state index contributed by atoms with van der Waals surface area (Å²) in [5.74, 6) is 0.398. The van der Waals surface area contributed by atoms with Crippen LogP contribution in [0.15, 0.2) is 27.9 Å². The van der Waals surface area contributed by atoms with Gasteiger partial charge in [-0.3, -0.25) is 9.78 Å². The minimum atomic E-state index is -0.556. The Hall–Kier alpha value is -2.70. The lowest BCUT2D eigenvalue weighted by atomic mass is 10.1. The van der Waals surface area contributed by atoms with E-state index in [4.69, 9.17) is 9.47 Å². The molecule has 1 aromatic carbocycles. The highest BCUT2D eigenvalue weighted by atomic mass is 16.5. The summed E-state index contributed by atoms with van der Waals surface area (Å²) in [7, 11) is 2.84. The number of benzene rings is 1. The molecule has 1 aromatic heterocycles. The van der Waals surface area contributed by atoms with Crippen LogP contribution in [0.5, 0.6) is 17.2 Å². The highest BCUT2D eigenvalue weighted by Gasteiger charge is 2.12. The fraction of sp³-hybridized carbons (Fsp3) is 0.231. The highest BCUT2D eigenvalue weighted by Crippen LogP contribution is 2.37. The fourth-order valence-corrected chi connectivity index (χ4v) is 1.84. The molecule has 20 heavy (non-hydrogen) atoms. The Morgan fingerprint density at radius 1 is 1.15 bits per heavy atom. The van der Waals surface area contributed by atoms with E-state index in [0.29, 0.717) is 11.1 Å². The van der Waals surface area contributed by atoms with Crippen LogP contribution in [0.2, 0.25) is 0 Å². The van der Waals surface area contributed by atoms with E-state index >= 15 is 0 Å². The van der Waals surface area contributed by atoms with Gasteiger partial charge < -0.3 is 19.6 Å². The number of phenols is 1. The number of methoxy groups -OCH3 is 2. The molecule has 0 aliphatic rings. The minimum Gasteiger partial charge on any atom is -0.502 e. The van der Waals surface area contributed by atoms with Crippen molar-refractivity contribution in [3.63, 3.8) is 0 Å². The van der Waals surface area contributed by atoms with Crippen LogP contribution >= 0.6 is 0 Å². The molecule has 3 N–H and O–H groups in total. The van der Waals surface area contributed by atoms with Crippen molar-refractivity contribution in [3.05, 3.63) is 50.3 Å². The monoisotopic (exact) mass is 278 g/mol. The van der Waals surface area contributed by atoms with E-state index in [9.17, 15) is 14.7 Å². The third-order valence-corrected chi connectivity index (χ3v) is 2.83. The maximum atomic E-state index is 11.6. The molecule has 0 atom stereocenters. The van der Waals surface area contributed by atoms with E-state index in [1.165, 1.54) is 20.4 Å². The average molecular weight is 278 g/mol. The summed E-state index contributed by atoms with van der Waals surface area (Å²) in [6, 6.07) is 3.20. The zero-order valence-corrected chi connectivity index (χ0v) is 11.0. The second-order valence-electron chi connectivity index (χ2n) is 4.12. The van der Waals surface area contributed by atoms with Crippen LogP contribution in [0.1, 0.15) is 11.1 Å². The first-order chi connectivity index (χ1) is 9.55. The summed E-state index contributed by atoms with van der Waals surface area (Å²) in [6.45, 7) is 0. The number of phenolic OH excluding ortho intramolecular Hbond substituents is 1. The summed E-state index contributed by atoms with van der Waals surface area (Å²) in [6.07, 6.45) is 1.62. The maximum absolute atomic E-state index is 11.6. The van der Waals surface area contributed by atoms with E-state index in [1.807, 2.05) is 0 Å². The number of aromatic nitrogens is 2. The average Bonchev–Trinajstić information content (AvgIpc) is 2.43. The van der Waals surface area contributed by atoms with Crippen molar-refractivity contribution in [2.24, 2.45) is 0 Å². The van der Waals surface area contributed by atoms with Crippen molar-refractivity contribution < 1.29 is 14.6 Å². The molecule has 0 spiro atoms. The quantitative estimate of drug-likeness (QED) is 0.749. The van der Waals surface area contributed by atoms with E-state index in [1.54, 1.807) is 12.1 Å². The van der Waals surface area contributed by atoms with Gasteiger partial charge in [-0.15, -0.1) is 0 Å². The van der Waals surface area contributed by atoms with Crippen LogP contribution in [0, 0.1) is 0 Å². The Balaban J connectivity index is 2.43. The predicted molar refractivity (Wildman–Crippen MR) is 71.7 cm³/mol. The molecule has 7 heteroatoms. The van der Waals surface area contributed by atoms with Gasteiger partial charge in [-0.1, -0.05) is 0 Å². The first-order valence-electron chi connectivity index (χ1n) is 5.80. The number of aromatic amines is 2. The van der Waals surface area contributed by atoms with Crippen LogP contribution in [0.4, 0.5) is 0 Å². The van der Waals surface area contributed by atoms with Gasteiger partial charge in [-0.2, -0.15) is 0 Å². The molecule has 0 saturated heterocycles. The molecular formula is C13H14N2O5. The van der Waals surface area contributed by atoms with Crippen molar-refractivity contribution in [1.82, 2.24) is 9.97 Å². The second-order valence-corrected chi connectivity index (χ2v) is 4.12. The Morgan fingerprint density at radius 3 is 2.25 bits per heavy atom. The number of hydrogen-bond acceptors (Lipinski definition) is 5. The zero-order chi connectivity index (χ0) is 14.7. The summed E-state index contributed by atoms with van der Waals surface area (Å²) < 4.78 is 10.1. The van der Waals surface area contributed by atoms with Crippen LogP contribution in [-0.4, -0.2) is 29.3 Å². The first kappa shape index (κ1) is 13.7. The Morgan fingerprint density at radius 2 is 1.75 bits per heavy atom. The third-order valence-electron chi connectivity index (χ3n) is 2.83. The van der Waals surface area contributed by atoms with Crippen molar-refractivity contribution in [2.75, 3.05) is 14.2 Å². The molecule has 0 bridgehead atoms. The summed E-state index contributed by atoms with van der Waals surface area (Å²) >= 11 is 0. The molecule has 0 radical (unpaired) electrons. The first-order valence-corrected chi connectivity index (χ1v) is 5.80. The highest BCUT2D eigenvalue weighted by molar-refractivity contribution is 5.53. The van der Waals surface area contributed by atoms with Crippen molar-refractivity contribution in [1.29, 1.82) is 0 Å². The molecule has 1 heterocycles. The summed E-state index contributed by atoms with van der Waals surface area (Å²) in [4.78, 5) is 27.1. The smallest absolute Gasteiger partial charge is 0.325 e. The van der Waals surface area contributed by atoms with Crippen LogP contribution in [0.25, 0.3) is 0 Å². The van der Waals surface area contributed by atoms with Crippen molar-refractivity contribution in [2.45, 2.75) is 6.42 Å². The van der Waals surface area contributed by atoms with Crippen LogP contribution in [-0.2, 0) is 6.42 Å². The molecule has 2 rings (SSSR count). The topological polar surface area (TPSA) is 104 Å². The SMILES string of the molecule is COc1cc(Cc2c[nH]c(=O)[nH]c2=O)cc(OC)c1O. The van der Waals surface area contributed by atoms with Gasteiger partial charge in [0.15, 0.2) is 11.5 Å². The molecule has 0 amide bonds. The van der Waals surface area contributed by atoms with E-state index in [2.05, 4.69) is 9.97 Å². The van der Waals surface area contributed by atoms with Crippen LogP contribution in [0.3, 0.4) is 0 Å². The van der Waals surface area contributed by atoms with Gasteiger partial charge >= 0.3 is 5.69 Å². The molecule has 7 nitrogen and oxygen atoms in total. The predicted octanol–water partition coefficient (Wildman–Crippen LogP) is 0.377. The van der Waals surface area contributed by atoms with Crippen molar-refractivity contribution in [3.8, 4) is 17.2 Å². The number of aromatic hydroxyl groups is 1. The lowest BCUT2D eigenvalue weighted by molar-refractivity contribution is 0.339. The van der Waals surface area contributed by atoms with Gasteiger partial charge in [0, 0.05) is 18.2 Å². The minimum absolute atomic E-state index is 0.103. The molecule has 0 fully saturated rings. The molecule has 0 aliphatic heterocycles. The number of hydrogen-bond donors (Lipinski definition) is 3. The number of ether oxygens (including phenoxy) is 2. The van der Waals surface area contributed by atoms with Gasteiger partial charge in [-0.25, -0.2) is 4.79 Å². The normalized spacial score (nSPS) is 10.3. The Kier molecular flexibility index (Phi) is 3.79. The molecule has 0 aliphatic carbocycles. The van der Waals surface area contributed by atoms with Crippen molar-refractivity contribution >= 4 is 0 Å². The Bertz CT molecular complexity index is 707. The second kappa shape index (κ2) is 5.52.